The highest BCUT2D eigenvalue weighted by atomic mass is 19.4. The van der Waals surface area contributed by atoms with E-state index in [4.69, 9.17) is 0 Å². The summed E-state index contributed by atoms with van der Waals surface area (Å²) >= 11 is 0. The second kappa shape index (κ2) is 9.82. The molecule has 1 aromatic heterocycles. The summed E-state index contributed by atoms with van der Waals surface area (Å²) in [4.78, 5) is 31.4. The highest BCUT2D eigenvalue weighted by Gasteiger charge is 2.39. The van der Waals surface area contributed by atoms with Crippen molar-refractivity contribution < 1.29 is 27.5 Å². The molecule has 5 rings (SSSR count). The van der Waals surface area contributed by atoms with E-state index in [0.717, 1.165) is 30.7 Å². The summed E-state index contributed by atoms with van der Waals surface area (Å²) in [5.41, 5.74) is 2.43. The maximum atomic E-state index is 13.1. The number of hydrogen-bond donors (Lipinski definition) is 1. The zero-order valence-electron chi connectivity index (χ0n) is 19.6. The fourth-order valence-corrected chi connectivity index (χ4v) is 5.25. The Labute approximate surface area is 205 Å². The van der Waals surface area contributed by atoms with E-state index >= 15 is 0 Å². The molecule has 1 N–H and O–H groups in total. The van der Waals surface area contributed by atoms with E-state index in [0.29, 0.717) is 56.7 Å². The van der Waals surface area contributed by atoms with Crippen molar-refractivity contribution in [3.05, 3.63) is 47.3 Å². The zero-order chi connectivity index (χ0) is 25.3. The van der Waals surface area contributed by atoms with Crippen molar-refractivity contribution in [1.29, 1.82) is 0 Å². The van der Waals surface area contributed by atoms with Crippen molar-refractivity contribution in [2.24, 2.45) is 11.8 Å². The van der Waals surface area contributed by atoms with Crippen molar-refractivity contribution in [2.75, 3.05) is 32.7 Å². The van der Waals surface area contributed by atoms with E-state index in [9.17, 15) is 22.8 Å². The Morgan fingerprint density at radius 3 is 2.36 bits per heavy atom. The van der Waals surface area contributed by atoms with Gasteiger partial charge in [-0.3, -0.25) is 9.89 Å². The maximum absolute atomic E-state index is 13.1. The van der Waals surface area contributed by atoms with Crippen LogP contribution in [0.4, 0.5) is 18.0 Å². The number of H-pyrrole nitrogens is 1. The van der Waals surface area contributed by atoms with Crippen LogP contribution in [0.15, 0.2) is 30.3 Å². The molecule has 2 aromatic rings. The number of hydrogen-bond acceptors (Lipinski definition) is 5. The Morgan fingerprint density at radius 1 is 1.00 bits per heavy atom. The maximum Gasteiger partial charge on any atom is 0.573 e. The second-order valence-electron chi connectivity index (χ2n) is 9.47. The number of aromatic nitrogens is 3. The number of halogens is 3. The van der Waals surface area contributed by atoms with Crippen LogP contribution in [-0.2, 0) is 17.8 Å². The lowest BCUT2D eigenvalue weighted by atomic mass is 9.92. The van der Waals surface area contributed by atoms with Crippen molar-refractivity contribution in [2.45, 2.75) is 32.2 Å². The van der Waals surface area contributed by atoms with Crippen LogP contribution in [0.3, 0.4) is 0 Å². The van der Waals surface area contributed by atoms with E-state index in [2.05, 4.69) is 20.1 Å². The monoisotopic (exact) mass is 504 g/mol. The number of rotatable bonds is 3. The Hall–Kier alpha value is -3.57. The molecule has 192 valence electrons. The highest BCUT2D eigenvalue weighted by molar-refractivity contribution is 5.91. The standard InChI is InChI=1S/C24H27F3N6O3/c25-24(26,27)36-19-4-1-16(2-5-19)3-6-22(34)31-10-7-17-13-33(14-18(17)8-11-31)23(35)32-12-9-20-21(15-32)29-30-28-20/h1-6,17-18H,7-15H2,(H,28,29,30)/b6-3+. The Kier molecular flexibility index (Phi) is 6.59. The third-order valence-corrected chi connectivity index (χ3v) is 7.18. The van der Waals surface area contributed by atoms with E-state index in [1.165, 1.54) is 30.3 Å². The molecular weight excluding hydrogens is 477 g/mol. The highest BCUT2D eigenvalue weighted by Crippen LogP contribution is 2.33. The molecule has 4 heterocycles. The van der Waals surface area contributed by atoms with E-state index in [-0.39, 0.29) is 17.7 Å². The molecule has 3 aliphatic heterocycles. The van der Waals surface area contributed by atoms with Crippen molar-refractivity contribution in [3.8, 4) is 5.75 Å². The molecule has 2 atom stereocenters. The number of likely N-dealkylation sites (tertiary alicyclic amines) is 2. The van der Waals surface area contributed by atoms with Gasteiger partial charge in [-0.1, -0.05) is 17.3 Å². The zero-order valence-corrected chi connectivity index (χ0v) is 19.6. The molecule has 3 aliphatic rings. The number of urea groups is 1. The molecule has 36 heavy (non-hydrogen) atoms. The summed E-state index contributed by atoms with van der Waals surface area (Å²) < 4.78 is 40.7. The van der Waals surface area contributed by atoms with Gasteiger partial charge < -0.3 is 19.4 Å². The normalized spacial score (nSPS) is 22.4. The van der Waals surface area contributed by atoms with Gasteiger partial charge in [0, 0.05) is 45.2 Å². The number of amides is 3. The van der Waals surface area contributed by atoms with Crippen LogP contribution < -0.4 is 4.74 Å². The van der Waals surface area contributed by atoms with Crippen LogP contribution >= 0.6 is 0 Å². The van der Waals surface area contributed by atoms with E-state index in [1.807, 2.05) is 9.80 Å². The predicted octanol–water partition coefficient (Wildman–Crippen LogP) is 3.07. The lowest BCUT2D eigenvalue weighted by Crippen LogP contribution is -2.45. The lowest BCUT2D eigenvalue weighted by Gasteiger charge is -2.30. The van der Waals surface area contributed by atoms with Crippen LogP contribution in [0.5, 0.6) is 5.75 Å². The number of benzene rings is 1. The fraction of sp³-hybridized carbons (Fsp3) is 0.500. The number of aromatic amines is 1. The molecule has 0 saturated carbocycles. The first-order valence-corrected chi connectivity index (χ1v) is 12.0. The number of alkyl halides is 3. The molecule has 0 bridgehead atoms. The van der Waals surface area contributed by atoms with Gasteiger partial charge in [-0.05, 0) is 48.4 Å². The second-order valence-corrected chi connectivity index (χ2v) is 9.47. The molecule has 1 aromatic carbocycles. The Morgan fingerprint density at radius 2 is 1.69 bits per heavy atom. The summed E-state index contributed by atoms with van der Waals surface area (Å²) in [5.74, 6) is 0.268. The summed E-state index contributed by atoms with van der Waals surface area (Å²) in [6, 6.07) is 5.40. The SMILES string of the molecule is O=C(/C=C/c1ccc(OC(F)(F)F)cc1)N1CCC2CN(C(=O)N3CCc4[nH]nnc4C3)CC2CC1. The number of carbonyl (C=O) groups is 2. The smallest absolute Gasteiger partial charge is 0.406 e. The van der Waals surface area contributed by atoms with Gasteiger partial charge >= 0.3 is 12.4 Å². The molecule has 9 nitrogen and oxygen atoms in total. The first-order valence-electron chi connectivity index (χ1n) is 12.0. The summed E-state index contributed by atoms with van der Waals surface area (Å²) in [5, 5.41) is 10.8. The third kappa shape index (κ3) is 5.47. The average molecular weight is 505 g/mol. The molecule has 0 spiro atoms. The van der Waals surface area contributed by atoms with Gasteiger partial charge in [0.2, 0.25) is 5.91 Å². The van der Waals surface area contributed by atoms with Gasteiger partial charge in [-0.15, -0.1) is 18.3 Å². The van der Waals surface area contributed by atoms with Crippen LogP contribution in [0, 0.1) is 11.8 Å². The minimum atomic E-state index is -4.74. The van der Waals surface area contributed by atoms with E-state index in [1.54, 1.807) is 11.0 Å². The van der Waals surface area contributed by atoms with Crippen molar-refractivity contribution in [1.82, 2.24) is 30.1 Å². The summed E-state index contributed by atoms with van der Waals surface area (Å²) in [6.45, 7) is 3.72. The number of ether oxygens (including phenoxy) is 1. The topological polar surface area (TPSA) is 94.7 Å². The van der Waals surface area contributed by atoms with Gasteiger partial charge in [0.05, 0.1) is 12.2 Å². The van der Waals surface area contributed by atoms with Crippen LogP contribution in [-0.4, -0.2) is 81.1 Å². The summed E-state index contributed by atoms with van der Waals surface area (Å²) in [7, 11) is 0. The number of carbonyl (C=O) groups excluding carboxylic acids is 2. The van der Waals surface area contributed by atoms with Crippen LogP contribution in [0.25, 0.3) is 6.08 Å². The number of nitrogens with one attached hydrogen (secondary N) is 1. The van der Waals surface area contributed by atoms with Crippen LogP contribution in [0.1, 0.15) is 29.8 Å². The van der Waals surface area contributed by atoms with Gasteiger partial charge in [0.15, 0.2) is 0 Å². The molecule has 2 unspecified atom stereocenters. The van der Waals surface area contributed by atoms with Crippen LogP contribution in [0.2, 0.25) is 0 Å². The fourth-order valence-electron chi connectivity index (χ4n) is 5.25. The third-order valence-electron chi connectivity index (χ3n) is 7.18. The van der Waals surface area contributed by atoms with Crippen molar-refractivity contribution in [3.63, 3.8) is 0 Å². The molecule has 0 radical (unpaired) electrons. The predicted molar refractivity (Wildman–Crippen MR) is 122 cm³/mol. The first kappa shape index (κ1) is 24.1. The molecule has 2 saturated heterocycles. The lowest BCUT2D eigenvalue weighted by molar-refractivity contribution is -0.274. The van der Waals surface area contributed by atoms with Gasteiger partial charge in [-0.25, -0.2) is 4.79 Å². The summed E-state index contributed by atoms with van der Waals surface area (Å²) in [6.07, 6.45) is 0.675. The number of nitrogens with zero attached hydrogens (tertiary/aromatic N) is 5. The minimum absolute atomic E-state index is 0.0410. The van der Waals surface area contributed by atoms with Gasteiger partial charge in [0.1, 0.15) is 11.4 Å². The molecule has 2 fully saturated rings. The largest absolute Gasteiger partial charge is 0.573 e. The van der Waals surface area contributed by atoms with Gasteiger partial charge in [0.25, 0.3) is 0 Å². The van der Waals surface area contributed by atoms with Gasteiger partial charge in [-0.2, -0.15) is 0 Å². The molecule has 0 aliphatic carbocycles. The Balaban J connectivity index is 1.11. The van der Waals surface area contributed by atoms with E-state index < -0.39 is 6.36 Å². The molecular formula is C24H27F3N6O3. The average Bonchev–Trinajstić information content (AvgIpc) is 3.44. The molecule has 12 heteroatoms. The van der Waals surface area contributed by atoms with Crippen molar-refractivity contribution >= 4 is 18.0 Å². The first-order chi connectivity index (χ1) is 17.2. The number of fused-ring (bicyclic) bond motifs is 2. The Bertz CT molecular complexity index is 1120. The minimum Gasteiger partial charge on any atom is -0.406 e. The quantitative estimate of drug-likeness (QED) is 0.649. The molecule has 3 amide bonds.